The SMILES string of the molecule is Cc1cnc(Cl)nc1Nc1ccc(Cl)cc1C(F)(F)F. The van der Waals surface area contributed by atoms with E-state index >= 15 is 0 Å². The van der Waals surface area contributed by atoms with Crippen LogP contribution in [0.4, 0.5) is 24.7 Å². The molecule has 0 unspecified atom stereocenters. The van der Waals surface area contributed by atoms with Gasteiger partial charge in [0.1, 0.15) is 5.82 Å². The summed E-state index contributed by atoms with van der Waals surface area (Å²) in [5.41, 5.74) is -0.462. The predicted molar refractivity (Wildman–Crippen MR) is 71.5 cm³/mol. The Bertz CT molecular complexity index is 644. The summed E-state index contributed by atoms with van der Waals surface area (Å²) in [7, 11) is 0. The Morgan fingerprint density at radius 3 is 2.55 bits per heavy atom. The third kappa shape index (κ3) is 3.32. The first-order valence-electron chi connectivity index (χ1n) is 5.40. The van der Waals surface area contributed by atoms with E-state index < -0.39 is 11.7 Å². The third-order valence-corrected chi connectivity index (χ3v) is 2.90. The number of rotatable bonds is 2. The molecule has 0 aliphatic rings. The van der Waals surface area contributed by atoms with E-state index in [4.69, 9.17) is 23.2 Å². The molecule has 1 aromatic carbocycles. The Morgan fingerprint density at radius 1 is 1.20 bits per heavy atom. The van der Waals surface area contributed by atoms with Gasteiger partial charge >= 0.3 is 6.18 Å². The van der Waals surface area contributed by atoms with Crippen LogP contribution in [0.3, 0.4) is 0 Å². The molecule has 0 aliphatic carbocycles. The van der Waals surface area contributed by atoms with E-state index in [1.807, 2.05) is 0 Å². The molecule has 2 rings (SSSR count). The molecule has 0 fully saturated rings. The number of aryl methyl sites for hydroxylation is 1. The number of hydrogen-bond acceptors (Lipinski definition) is 3. The molecule has 0 atom stereocenters. The lowest BCUT2D eigenvalue weighted by Crippen LogP contribution is -2.10. The van der Waals surface area contributed by atoms with Crippen molar-refractivity contribution in [3.63, 3.8) is 0 Å². The molecule has 0 spiro atoms. The average Bonchev–Trinajstić information content (AvgIpc) is 2.34. The Morgan fingerprint density at radius 2 is 1.90 bits per heavy atom. The van der Waals surface area contributed by atoms with Gasteiger partial charge < -0.3 is 5.32 Å². The van der Waals surface area contributed by atoms with Crippen molar-refractivity contribution in [3.8, 4) is 0 Å². The molecule has 0 saturated heterocycles. The van der Waals surface area contributed by atoms with E-state index in [0.29, 0.717) is 5.56 Å². The fourth-order valence-electron chi connectivity index (χ4n) is 1.53. The number of nitrogens with one attached hydrogen (secondary N) is 1. The molecule has 3 nitrogen and oxygen atoms in total. The van der Waals surface area contributed by atoms with E-state index in [1.54, 1.807) is 6.92 Å². The lowest BCUT2D eigenvalue weighted by atomic mass is 10.1. The van der Waals surface area contributed by atoms with Gasteiger partial charge in [0.2, 0.25) is 5.28 Å². The van der Waals surface area contributed by atoms with E-state index in [-0.39, 0.29) is 21.8 Å². The summed E-state index contributed by atoms with van der Waals surface area (Å²) < 4.78 is 38.9. The molecular formula is C12H8Cl2F3N3. The van der Waals surface area contributed by atoms with Crippen molar-refractivity contribution in [2.75, 3.05) is 5.32 Å². The maximum Gasteiger partial charge on any atom is 0.418 e. The Kier molecular flexibility index (Phi) is 4.06. The first kappa shape index (κ1) is 14.9. The molecule has 0 aliphatic heterocycles. The average molecular weight is 322 g/mol. The van der Waals surface area contributed by atoms with Crippen LogP contribution in [0.15, 0.2) is 24.4 Å². The standard InChI is InChI=1S/C12H8Cl2F3N3/c1-6-5-18-11(14)20-10(6)19-9-3-2-7(13)4-8(9)12(15,16)17/h2-5H,1H3,(H,18,19,20). The van der Waals surface area contributed by atoms with E-state index in [1.165, 1.54) is 18.3 Å². The van der Waals surface area contributed by atoms with Crippen LogP contribution in [-0.4, -0.2) is 9.97 Å². The van der Waals surface area contributed by atoms with Crippen LogP contribution < -0.4 is 5.32 Å². The number of halogens is 5. The number of benzene rings is 1. The number of nitrogens with zero attached hydrogens (tertiary/aromatic N) is 2. The maximum absolute atomic E-state index is 13.0. The van der Waals surface area contributed by atoms with Crippen molar-refractivity contribution in [2.45, 2.75) is 13.1 Å². The second-order valence-electron chi connectivity index (χ2n) is 3.98. The van der Waals surface area contributed by atoms with Gasteiger partial charge in [-0.25, -0.2) is 9.97 Å². The van der Waals surface area contributed by atoms with E-state index in [9.17, 15) is 13.2 Å². The summed E-state index contributed by atoms with van der Waals surface area (Å²) in [5.74, 6) is 0.206. The van der Waals surface area contributed by atoms with Gasteiger partial charge in [0.25, 0.3) is 0 Å². The van der Waals surface area contributed by atoms with E-state index in [0.717, 1.165) is 6.07 Å². The van der Waals surface area contributed by atoms with Gasteiger partial charge in [-0.3, -0.25) is 0 Å². The molecule has 0 saturated carbocycles. The quantitative estimate of drug-likeness (QED) is 0.803. The Hall–Kier alpha value is -1.53. The highest BCUT2D eigenvalue weighted by Gasteiger charge is 2.34. The van der Waals surface area contributed by atoms with Crippen LogP contribution in [0.25, 0.3) is 0 Å². The molecule has 0 radical (unpaired) electrons. The van der Waals surface area contributed by atoms with Gasteiger partial charge in [-0.2, -0.15) is 13.2 Å². The monoisotopic (exact) mass is 321 g/mol. The van der Waals surface area contributed by atoms with Gasteiger partial charge in [-0.15, -0.1) is 0 Å². The predicted octanol–water partition coefficient (Wildman–Crippen LogP) is 4.85. The zero-order chi connectivity index (χ0) is 14.9. The summed E-state index contributed by atoms with van der Waals surface area (Å²) >= 11 is 11.2. The number of aromatic nitrogens is 2. The summed E-state index contributed by atoms with van der Waals surface area (Å²) in [4.78, 5) is 7.59. The zero-order valence-electron chi connectivity index (χ0n) is 10.1. The minimum atomic E-state index is -4.53. The molecule has 8 heteroatoms. The fraction of sp³-hybridized carbons (Fsp3) is 0.167. The van der Waals surface area contributed by atoms with Crippen LogP contribution in [0, 0.1) is 6.92 Å². The summed E-state index contributed by atoms with van der Waals surface area (Å²) in [6.45, 7) is 1.65. The van der Waals surface area contributed by atoms with Gasteiger partial charge in [-0.1, -0.05) is 11.6 Å². The van der Waals surface area contributed by atoms with Crippen LogP contribution in [-0.2, 0) is 6.18 Å². The normalized spacial score (nSPS) is 11.5. The van der Waals surface area contributed by atoms with E-state index in [2.05, 4.69) is 15.3 Å². The second kappa shape index (κ2) is 5.46. The van der Waals surface area contributed by atoms with Crippen molar-refractivity contribution in [1.82, 2.24) is 9.97 Å². The largest absolute Gasteiger partial charge is 0.418 e. The minimum Gasteiger partial charge on any atom is -0.339 e. The highest BCUT2D eigenvalue weighted by molar-refractivity contribution is 6.30. The summed E-state index contributed by atoms with van der Waals surface area (Å²) in [6.07, 6.45) is -3.11. The molecule has 0 bridgehead atoms. The van der Waals surface area contributed by atoms with Gasteiger partial charge in [0.05, 0.1) is 11.3 Å². The maximum atomic E-state index is 13.0. The lowest BCUT2D eigenvalue weighted by molar-refractivity contribution is -0.136. The Balaban J connectivity index is 2.46. The van der Waals surface area contributed by atoms with Crippen molar-refractivity contribution in [2.24, 2.45) is 0 Å². The Labute approximate surface area is 122 Å². The second-order valence-corrected chi connectivity index (χ2v) is 4.76. The van der Waals surface area contributed by atoms with Crippen LogP contribution in [0.2, 0.25) is 10.3 Å². The smallest absolute Gasteiger partial charge is 0.339 e. The van der Waals surface area contributed by atoms with Crippen LogP contribution in [0.1, 0.15) is 11.1 Å². The molecule has 2 aromatic rings. The molecule has 20 heavy (non-hydrogen) atoms. The zero-order valence-corrected chi connectivity index (χ0v) is 11.6. The third-order valence-electron chi connectivity index (χ3n) is 2.48. The van der Waals surface area contributed by atoms with Crippen molar-refractivity contribution < 1.29 is 13.2 Å². The van der Waals surface area contributed by atoms with Crippen molar-refractivity contribution in [1.29, 1.82) is 0 Å². The number of hydrogen-bond donors (Lipinski definition) is 1. The molecule has 0 amide bonds. The molecule has 1 aromatic heterocycles. The van der Waals surface area contributed by atoms with Crippen molar-refractivity contribution >= 4 is 34.7 Å². The number of anilines is 2. The lowest BCUT2D eigenvalue weighted by Gasteiger charge is -2.15. The highest BCUT2D eigenvalue weighted by atomic mass is 35.5. The highest BCUT2D eigenvalue weighted by Crippen LogP contribution is 2.37. The molecule has 1 heterocycles. The molecule has 106 valence electrons. The minimum absolute atomic E-state index is 0.000293. The summed E-state index contributed by atoms with van der Waals surface area (Å²) in [5, 5.41) is 2.55. The number of alkyl halides is 3. The van der Waals surface area contributed by atoms with Crippen LogP contribution >= 0.6 is 23.2 Å². The molecule has 1 N–H and O–H groups in total. The summed E-state index contributed by atoms with van der Waals surface area (Å²) in [6, 6.07) is 3.44. The topological polar surface area (TPSA) is 37.8 Å². The van der Waals surface area contributed by atoms with Gasteiger partial charge in [-0.05, 0) is 36.7 Å². The molecular weight excluding hydrogens is 314 g/mol. The van der Waals surface area contributed by atoms with Crippen molar-refractivity contribution in [3.05, 3.63) is 45.8 Å². The first-order chi connectivity index (χ1) is 9.27. The fourth-order valence-corrected chi connectivity index (χ4v) is 1.84. The van der Waals surface area contributed by atoms with Crippen LogP contribution in [0.5, 0.6) is 0 Å². The van der Waals surface area contributed by atoms with Gasteiger partial charge in [0, 0.05) is 16.8 Å². The van der Waals surface area contributed by atoms with Gasteiger partial charge in [0.15, 0.2) is 0 Å². The first-order valence-corrected chi connectivity index (χ1v) is 6.16.